The molecule has 0 saturated carbocycles. The summed E-state index contributed by atoms with van der Waals surface area (Å²) in [6.45, 7) is 1.90. The number of nitriles is 1. The van der Waals surface area contributed by atoms with Crippen molar-refractivity contribution in [1.29, 1.82) is 5.26 Å². The molecule has 1 saturated heterocycles. The molecule has 1 aliphatic heterocycles. The third-order valence-electron chi connectivity index (χ3n) is 4.12. The highest BCUT2D eigenvalue weighted by atomic mass is 16.7. The Labute approximate surface area is 158 Å². The van der Waals surface area contributed by atoms with Gasteiger partial charge in [0.25, 0.3) is 0 Å². The zero-order chi connectivity index (χ0) is 18.9. The monoisotopic (exact) mass is 369 g/mol. The minimum Gasteiger partial charge on any atom is -0.504 e. The summed E-state index contributed by atoms with van der Waals surface area (Å²) in [6, 6.07) is 13.7. The van der Waals surface area contributed by atoms with Crippen molar-refractivity contribution >= 4 is 0 Å². The van der Waals surface area contributed by atoms with Crippen molar-refractivity contribution in [2.45, 2.75) is 32.0 Å². The molecule has 6 heteroatoms. The molecule has 0 aliphatic carbocycles. The minimum atomic E-state index is -0.0811. The van der Waals surface area contributed by atoms with Gasteiger partial charge in [0.1, 0.15) is 11.5 Å². The lowest BCUT2D eigenvalue weighted by atomic mass is 10.2. The molecule has 1 aliphatic rings. The summed E-state index contributed by atoms with van der Waals surface area (Å²) in [7, 11) is 0. The molecule has 1 unspecified atom stereocenters. The fourth-order valence-corrected chi connectivity index (χ4v) is 2.73. The van der Waals surface area contributed by atoms with Crippen molar-refractivity contribution < 1.29 is 24.1 Å². The van der Waals surface area contributed by atoms with Crippen molar-refractivity contribution in [2.24, 2.45) is 0 Å². The van der Waals surface area contributed by atoms with E-state index in [2.05, 4.69) is 0 Å². The van der Waals surface area contributed by atoms with Crippen LogP contribution in [0.5, 0.6) is 23.0 Å². The highest BCUT2D eigenvalue weighted by Crippen LogP contribution is 2.32. The van der Waals surface area contributed by atoms with Gasteiger partial charge in [0.2, 0.25) is 0 Å². The first-order valence-electron chi connectivity index (χ1n) is 9.11. The number of ether oxygens (including phenoxy) is 4. The normalized spacial score (nSPS) is 16.5. The quantitative estimate of drug-likeness (QED) is 0.696. The van der Waals surface area contributed by atoms with Gasteiger partial charge in [-0.3, -0.25) is 0 Å². The summed E-state index contributed by atoms with van der Waals surface area (Å²) in [4.78, 5) is 0. The molecule has 0 spiro atoms. The predicted molar refractivity (Wildman–Crippen MR) is 99.0 cm³/mol. The molecule has 3 rings (SSSR count). The Hall–Kier alpha value is -2.75. The molecule has 6 nitrogen and oxygen atoms in total. The number of rotatable bonds is 8. The van der Waals surface area contributed by atoms with E-state index >= 15 is 0 Å². The zero-order valence-electron chi connectivity index (χ0n) is 15.1. The lowest BCUT2D eigenvalue weighted by molar-refractivity contribution is -0.163. The minimum absolute atomic E-state index is 0.0735. The summed E-state index contributed by atoms with van der Waals surface area (Å²) < 4.78 is 22.6. The van der Waals surface area contributed by atoms with Gasteiger partial charge in [0.05, 0.1) is 24.8 Å². The Morgan fingerprint density at radius 1 is 1.11 bits per heavy atom. The average molecular weight is 369 g/mol. The van der Waals surface area contributed by atoms with Crippen molar-refractivity contribution in [3.05, 3.63) is 48.0 Å². The van der Waals surface area contributed by atoms with Crippen LogP contribution in [0.2, 0.25) is 0 Å². The standard InChI is InChI=1S/C21H23NO5/c22-15-16-8-9-20(19(23)13-16)27-18-6-3-5-17(14-18)24-11-4-12-26-21-7-1-2-10-25-21/h3,5-6,8-9,13-14,21,23H,1-2,4,7,10-12H2. The van der Waals surface area contributed by atoms with Crippen LogP contribution in [0, 0.1) is 11.3 Å². The van der Waals surface area contributed by atoms with Gasteiger partial charge >= 0.3 is 0 Å². The van der Waals surface area contributed by atoms with Gasteiger partial charge in [-0.15, -0.1) is 0 Å². The van der Waals surface area contributed by atoms with Crippen molar-refractivity contribution in [1.82, 2.24) is 0 Å². The van der Waals surface area contributed by atoms with E-state index < -0.39 is 0 Å². The molecule has 2 aromatic carbocycles. The highest BCUT2D eigenvalue weighted by Gasteiger charge is 2.13. The Bertz CT molecular complexity index is 780. The topological polar surface area (TPSA) is 80.9 Å². The molecule has 1 heterocycles. The van der Waals surface area contributed by atoms with Gasteiger partial charge < -0.3 is 24.1 Å². The maximum absolute atomic E-state index is 9.93. The summed E-state index contributed by atoms with van der Waals surface area (Å²) in [6.07, 6.45) is 3.92. The molecule has 1 atom stereocenters. The molecule has 1 N–H and O–H groups in total. The number of aromatic hydroxyl groups is 1. The van der Waals surface area contributed by atoms with Crippen LogP contribution in [0.4, 0.5) is 0 Å². The number of nitrogens with zero attached hydrogens (tertiary/aromatic N) is 1. The second-order valence-electron chi connectivity index (χ2n) is 6.24. The van der Waals surface area contributed by atoms with E-state index in [1.54, 1.807) is 24.3 Å². The van der Waals surface area contributed by atoms with Crippen LogP contribution in [-0.2, 0) is 9.47 Å². The fourth-order valence-electron chi connectivity index (χ4n) is 2.73. The molecule has 1 fully saturated rings. The Kier molecular flexibility index (Phi) is 6.91. The van der Waals surface area contributed by atoms with Gasteiger partial charge in [-0.05, 0) is 43.5 Å². The van der Waals surface area contributed by atoms with Crippen LogP contribution in [-0.4, -0.2) is 31.2 Å². The van der Waals surface area contributed by atoms with Crippen LogP contribution < -0.4 is 9.47 Å². The Morgan fingerprint density at radius 3 is 2.78 bits per heavy atom. The van der Waals surface area contributed by atoms with Crippen LogP contribution in [0.15, 0.2) is 42.5 Å². The van der Waals surface area contributed by atoms with Crippen LogP contribution in [0.25, 0.3) is 0 Å². The van der Waals surface area contributed by atoms with Crippen LogP contribution in [0.1, 0.15) is 31.2 Å². The van der Waals surface area contributed by atoms with E-state index in [0.29, 0.717) is 30.3 Å². The maximum Gasteiger partial charge on any atom is 0.169 e. The van der Waals surface area contributed by atoms with Crippen molar-refractivity contribution in [3.63, 3.8) is 0 Å². The average Bonchev–Trinajstić information content (AvgIpc) is 2.70. The van der Waals surface area contributed by atoms with E-state index in [9.17, 15) is 5.11 Å². The Morgan fingerprint density at radius 2 is 2.00 bits per heavy atom. The van der Waals surface area contributed by atoms with Crippen LogP contribution in [0.3, 0.4) is 0 Å². The first-order chi connectivity index (χ1) is 13.2. The number of hydrogen-bond acceptors (Lipinski definition) is 6. The van der Waals surface area contributed by atoms with E-state index in [4.69, 9.17) is 24.2 Å². The first-order valence-corrected chi connectivity index (χ1v) is 9.11. The van der Waals surface area contributed by atoms with Crippen LogP contribution >= 0.6 is 0 Å². The highest BCUT2D eigenvalue weighted by molar-refractivity contribution is 5.48. The van der Waals surface area contributed by atoms with E-state index in [1.807, 2.05) is 18.2 Å². The second kappa shape index (κ2) is 9.81. The summed E-state index contributed by atoms with van der Waals surface area (Å²) in [5.41, 5.74) is 0.373. The summed E-state index contributed by atoms with van der Waals surface area (Å²) in [5, 5.41) is 18.8. The molecular formula is C21H23NO5. The van der Waals surface area contributed by atoms with Gasteiger partial charge in [-0.25, -0.2) is 0 Å². The number of hydrogen-bond donors (Lipinski definition) is 1. The summed E-state index contributed by atoms with van der Waals surface area (Å²) >= 11 is 0. The zero-order valence-corrected chi connectivity index (χ0v) is 15.1. The molecule has 0 amide bonds. The SMILES string of the molecule is N#Cc1ccc(Oc2cccc(OCCCOC3CCCCO3)c2)c(O)c1. The smallest absolute Gasteiger partial charge is 0.169 e. The lowest BCUT2D eigenvalue weighted by Gasteiger charge is -2.22. The van der Waals surface area contributed by atoms with Gasteiger partial charge in [0, 0.05) is 25.2 Å². The second-order valence-corrected chi connectivity index (χ2v) is 6.24. The van der Waals surface area contributed by atoms with E-state index in [-0.39, 0.29) is 17.8 Å². The van der Waals surface area contributed by atoms with E-state index in [0.717, 1.165) is 32.3 Å². The van der Waals surface area contributed by atoms with Gasteiger partial charge in [-0.1, -0.05) is 6.07 Å². The summed E-state index contributed by atoms with van der Waals surface area (Å²) in [5.74, 6) is 1.42. The third-order valence-corrected chi connectivity index (χ3v) is 4.12. The van der Waals surface area contributed by atoms with Gasteiger partial charge in [-0.2, -0.15) is 5.26 Å². The van der Waals surface area contributed by atoms with Crippen molar-refractivity contribution in [2.75, 3.05) is 19.8 Å². The molecule has 27 heavy (non-hydrogen) atoms. The molecule has 0 aromatic heterocycles. The third kappa shape index (κ3) is 5.88. The number of phenolic OH excluding ortho intramolecular Hbond substituents is 1. The number of benzene rings is 2. The van der Waals surface area contributed by atoms with Crippen molar-refractivity contribution in [3.8, 4) is 29.1 Å². The first kappa shape index (κ1) is 19.0. The lowest BCUT2D eigenvalue weighted by Crippen LogP contribution is -2.23. The number of phenols is 1. The molecule has 2 aromatic rings. The molecule has 0 bridgehead atoms. The van der Waals surface area contributed by atoms with E-state index in [1.165, 1.54) is 6.07 Å². The molecular weight excluding hydrogens is 346 g/mol. The largest absolute Gasteiger partial charge is 0.504 e. The fraction of sp³-hybridized carbons (Fsp3) is 0.381. The van der Waals surface area contributed by atoms with Gasteiger partial charge in [0.15, 0.2) is 17.8 Å². The molecule has 0 radical (unpaired) electrons. The maximum atomic E-state index is 9.93. The molecule has 142 valence electrons. The Balaban J connectivity index is 1.45. The predicted octanol–water partition coefficient (Wildman–Crippen LogP) is 4.37.